The molecule has 0 aliphatic heterocycles. The number of hydrogen-bond acceptors (Lipinski definition) is 4. The summed E-state index contributed by atoms with van der Waals surface area (Å²) in [5.41, 5.74) is 0.843. The van der Waals surface area contributed by atoms with Crippen molar-refractivity contribution in [2.45, 2.75) is 20.8 Å². The van der Waals surface area contributed by atoms with Crippen molar-refractivity contribution in [1.29, 1.82) is 0 Å². The normalized spacial score (nSPS) is 10.8. The number of phenolic OH excluding ortho intramolecular Hbond substituents is 1. The van der Waals surface area contributed by atoms with Crippen LogP contribution in [0.15, 0.2) is 15.3 Å². The molecule has 0 radical (unpaired) electrons. The van der Waals surface area contributed by atoms with Crippen molar-refractivity contribution >= 4 is 10.8 Å². The molecular weight excluding hydrogens is 220 g/mol. The predicted octanol–water partition coefficient (Wildman–Crippen LogP) is 2.43. The minimum absolute atomic E-state index is 0.0730. The Hall–Kier alpha value is -1.97. The topological polar surface area (TPSA) is 59.7 Å². The van der Waals surface area contributed by atoms with E-state index in [0.717, 1.165) is 5.56 Å². The highest BCUT2D eigenvalue weighted by atomic mass is 16.5. The second kappa shape index (κ2) is 3.80. The fourth-order valence-corrected chi connectivity index (χ4v) is 1.91. The third-order valence-electron chi connectivity index (χ3n) is 3.11. The molecule has 0 saturated heterocycles. The van der Waals surface area contributed by atoms with E-state index in [2.05, 4.69) is 0 Å². The Bertz CT molecular complexity index is 653. The third kappa shape index (κ3) is 1.56. The van der Waals surface area contributed by atoms with Gasteiger partial charge in [-0.3, -0.25) is 0 Å². The van der Waals surface area contributed by atoms with Gasteiger partial charge in [-0.1, -0.05) is 0 Å². The summed E-state index contributed by atoms with van der Waals surface area (Å²) in [6, 6.07) is 1.75. The molecule has 1 heterocycles. The number of fused-ring (bicyclic) bond motifs is 1. The van der Waals surface area contributed by atoms with Gasteiger partial charge in [-0.2, -0.15) is 0 Å². The summed E-state index contributed by atoms with van der Waals surface area (Å²) in [6.07, 6.45) is 0. The zero-order valence-electron chi connectivity index (χ0n) is 10.2. The van der Waals surface area contributed by atoms with Gasteiger partial charge in [-0.15, -0.1) is 0 Å². The Morgan fingerprint density at radius 3 is 2.47 bits per heavy atom. The maximum Gasteiger partial charge on any atom is 0.347 e. The van der Waals surface area contributed by atoms with Gasteiger partial charge in [0.25, 0.3) is 0 Å². The van der Waals surface area contributed by atoms with Crippen LogP contribution in [-0.4, -0.2) is 12.2 Å². The van der Waals surface area contributed by atoms with E-state index in [0.29, 0.717) is 22.5 Å². The number of benzene rings is 1. The summed E-state index contributed by atoms with van der Waals surface area (Å²) in [5, 5.41) is 10.9. The van der Waals surface area contributed by atoms with E-state index >= 15 is 0 Å². The molecular formula is C13H14O4. The Balaban J connectivity index is 3.07. The molecule has 0 saturated carbocycles. The van der Waals surface area contributed by atoms with Crippen LogP contribution in [-0.2, 0) is 0 Å². The summed E-state index contributed by atoms with van der Waals surface area (Å²) in [4.78, 5) is 11.8. The Labute approximate surface area is 98.4 Å². The van der Waals surface area contributed by atoms with Crippen molar-refractivity contribution in [3.05, 3.63) is 33.4 Å². The fourth-order valence-electron chi connectivity index (χ4n) is 1.91. The van der Waals surface area contributed by atoms with Gasteiger partial charge in [-0.05, 0) is 32.4 Å². The Morgan fingerprint density at radius 2 is 1.88 bits per heavy atom. The molecule has 0 aliphatic rings. The molecule has 90 valence electrons. The van der Waals surface area contributed by atoms with Gasteiger partial charge < -0.3 is 14.3 Å². The molecule has 0 bridgehead atoms. The van der Waals surface area contributed by atoms with Gasteiger partial charge >= 0.3 is 5.63 Å². The highest BCUT2D eigenvalue weighted by Gasteiger charge is 2.16. The molecule has 0 amide bonds. The third-order valence-corrected chi connectivity index (χ3v) is 3.11. The number of phenols is 1. The smallest absolute Gasteiger partial charge is 0.347 e. The van der Waals surface area contributed by atoms with E-state index in [-0.39, 0.29) is 11.1 Å². The van der Waals surface area contributed by atoms with Crippen molar-refractivity contribution < 1.29 is 14.3 Å². The van der Waals surface area contributed by atoms with Gasteiger partial charge in [-0.25, -0.2) is 4.79 Å². The van der Waals surface area contributed by atoms with Crippen LogP contribution in [0.25, 0.3) is 10.8 Å². The number of hydrogen-bond donors (Lipinski definition) is 1. The van der Waals surface area contributed by atoms with E-state index in [1.807, 2.05) is 6.92 Å². The zero-order chi connectivity index (χ0) is 12.7. The molecule has 0 fully saturated rings. The standard InChI is InChI=1S/C13H14O4/c1-6-8(3)17-13(15)11-9(6)5-10(16-4)7(2)12(11)14/h5,14H,1-4H3. The molecule has 17 heavy (non-hydrogen) atoms. The summed E-state index contributed by atoms with van der Waals surface area (Å²) >= 11 is 0. The first kappa shape index (κ1) is 11.5. The SMILES string of the molecule is COc1cc2c(C)c(C)oc(=O)c2c(O)c1C. The van der Waals surface area contributed by atoms with Crippen LogP contribution in [0.5, 0.6) is 11.5 Å². The van der Waals surface area contributed by atoms with Gasteiger partial charge in [0.2, 0.25) is 0 Å². The van der Waals surface area contributed by atoms with Crippen LogP contribution in [0.2, 0.25) is 0 Å². The molecule has 4 nitrogen and oxygen atoms in total. The number of aryl methyl sites for hydroxylation is 2. The number of ether oxygens (including phenoxy) is 1. The molecule has 1 aromatic heterocycles. The van der Waals surface area contributed by atoms with Crippen molar-refractivity contribution in [3.63, 3.8) is 0 Å². The number of aromatic hydroxyl groups is 1. The molecule has 0 atom stereocenters. The lowest BCUT2D eigenvalue weighted by molar-refractivity contribution is 0.403. The average molecular weight is 234 g/mol. The fraction of sp³-hybridized carbons (Fsp3) is 0.308. The molecule has 2 aromatic rings. The molecule has 4 heteroatoms. The molecule has 0 unspecified atom stereocenters. The maximum absolute atomic E-state index is 11.8. The van der Waals surface area contributed by atoms with Crippen LogP contribution in [0, 0.1) is 20.8 Å². The van der Waals surface area contributed by atoms with E-state index < -0.39 is 5.63 Å². The van der Waals surface area contributed by atoms with E-state index in [9.17, 15) is 9.90 Å². The zero-order valence-corrected chi connectivity index (χ0v) is 10.2. The van der Waals surface area contributed by atoms with Crippen molar-refractivity contribution in [1.82, 2.24) is 0 Å². The second-order valence-electron chi connectivity index (χ2n) is 4.05. The minimum atomic E-state index is -0.522. The predicted molar refractivity (Wildman–Crippen MR) is 64.9 cm³/mol. The maximum atomic E-state index is 11.8. The van der Waals surface area contributed by atoms with E-state index in [4.69, 9.17) is 9.15 Å². The molecule has 0 spiro atoms. The molecule has 2 rings (SSSR count). The van der Waals surface area contributed by atoms with Gasteiger partial charge in [0.1, 0.15) is 22.6 Å². The van der Waals surface area contributed by atoms with Gasteiger partial charge in [0, 0.05) is 10.9 Å². The largest absolute Gasteiger partial charge is 0.507 e. The summed E-state index contributed by atoms with van der Waals surface area (Å²) < 4.78 is 10.3. The number of rotatable bonds is 1. The van der Waals surface area contributed by atoms with Gasteiger partial charge in [0.15, 0.2) is 0 Å². The summed E-state index contributed by atoms with van der Waals surface area (Å²) in [7, 11) is 1.53. The van der Waals surface area contributed by atoms with Crippen LogP contribution < -0.4 is 10.4 Å². The summed E-state index contributed by atoms with van der Waals surface area (Å²) in [6.45, 7) is 5.26. The molecule has 1 aromatic carbocycles. The molecule has 0 aliphatic carbocycles. The molecule has 1 N–H and O–H groups in total. The minimum Gasteiger partial charge on any atom is -0.507 e. The van der Waals surface area contributed by atoms with Crippen LogP contribution in [0.3, 0.4) is 0 Å². The van der Waals surface area contributed by atoms with Crippen molar-refractivity contribution in [2.75, 3.05) is 7.11 Å². The van der Waals surface area contributed by atoms with Crippen LogP contribution >= 0.6 is 0 Å². The Kier molecular flexibility index (Phi) is 2.58. The first-order chi connectivity index (χ1) is 7.97. The lowest BCUT2D eigenvalue weighted by atomic mass is 10.0. The monoisotopic (exact) mass is 234 g/mol. The van der Waals surface area contributed by atoms with Crippen molar-refractivity contribution in [3.8, 4) is 11.5 Å². The quantitative estimate of drug-likeness (QED) is 0.823. The van der Waals surface area contributed by atoms with Crippen molar-refractivity contribution in [2.24, 2.45) is 0 Å². The lowest BCUT2D eigenvalue weighted by Gasteiger charge is -2.11. The Morgan fingerprint density at radius 1 is 1.24 bits per heavy atom. The van der Waals surface area contributed by atoms with Crippen LogP contribution in [0.1, 0.15) is 16.9 Å². The van der Waals surface area contributed by atoms with Gasteiger partial charge in [0.05, 0.1) is 7.11 Å². The van der Waals surface area contributed by atoms with Crippen LogP contribution in [0.4, 0.5) is 0 Å². The highest BCUT2D eigenvalue weighted by Crippen LogP contribution is 2.35. The second-order valence-corrected chi connectivity index (χ2v) is 4.05. The first-order valence-corrected chi connectivity index (χ1v) is 5.28. The average Bonchev–Trinajstić information content (AvgIpc) is 2.29. The summed E-state index contributed by atoms with van der Waals surface area (Å²) in [5.74, 6) is 1.03. The highest BCUT2D eigenvalue weighted by molar-refractivity contribution is 5.92. The number of methoxy groups -OCH3 is 1. The first-order valence-electron chi connectivity index (χ1n) is 5.28. The van der Waals surface area contributed by atoms with E-state index in [1.54, 1.807) is 19.9 Å². The van der Waals surface area contributed by atoms with E-state index in [1.165, 1.54) is 7.11 Å². The lowest BCUT2D eigenvalue weighted by Crippen LogP contribution is -2.04.